The van der Waals surface area contributed by atoms with Crippen molar-refractivity contribution in [2.75, 3.05) is 0 Å². The second-order valence-corrected chi connectivity index (χ2v) is 21.0. The maximum atomic E-state index is 8.88. The molecule has 9 aromatic carbocycles. The fraction of sp³-hybridized carbons (Fsp3) is 0.118. The summed E-state index contributed by atoms with van der Waals surface area (Å²) in [5.41, 5.74) is 12.5. The fourth-order valence-electron chi connectivity index (χ4n) is 10.4. The van der Waals surface area contributed by atoms with E-state index >= 15 is 0 Å². The van der Waals surface area contributed by atoms with Crippen LogP contribution >= 0.6 is 0 Å². The largest absolute Gasteiger partial charge is 0.510 e. The molecule has 4 heterocycles. The Morgan fingerprint density at radius 2 is 1.22 bits per heavy atom. The molecular weight excluding hydrogens is 1080 g/mol. The molecule has 0 fully saturated rings. The fourth-order valence-corrected chi connectivity index (χ4v) is 10.4. The van der Waals surface area contributed by atoms with Crippen LogP contribution in [0.25, 0.3) is 116 Å². The normalized spacial score (nSPS) is 13.0. The summed E-state index contributed by atoms with van der Waals surface area (Å²) in [6.07, 6.45) is 2.17. The summed E-state index contributed by atoms with van der Waals surface area (Å²) in [4.78, 5) is 5.54. The summed E-state index contributed by atoms with van der Waals surface area (Å²) in [5, 5.41) is 6.80. The summed E-state index contributed by atoms with van der Waals surface area (Å²) in [6.45, 7) is 13.4. The van der Waals surface area contributed by atoms with E-state index in [9.17, 15) is 0 Å². The smallest absolute Gasteiger partial charge is 0.136 e. The summed E-state index contributed by atoms with van der Waals surface area (Å²) in [7, 11) is 0. The molecule has 10 bridgehead atoms. The van der Waals surface area contributed by atoms with Gasteiger partial charge >= 0.3 is 0 Å². The third-order valence-electron chi connectivity index (χ3n) is 14.2. The van der Waals surface area contributed by atoms with Gasteiger partial charge in [0.2, 0.25) is 0 Å². The second-order valence-electron chi connectivity index (χ2n) is 21.0. The van der Waals surface area contributed by atoms with Crippen LogP contribution in [0.4, 0.5) is 0 Å². The Hall–Kier alpha value is -8.11. The zero-order valence-electron chi connectivity index (χ0n) is 46.8. The van der Waals surface area contributed by atoms with Crippen LogP contribution in [0, 0.1) is 12.1 Å². The molecule has 6 heteroatoms. The van der Waals surface area contributed by atoms with Crippen molar-refractivity contribution in [1.29, 1.82) is 0 Å². The van der Waals surface area contributed by atoms with Crippen LogP contribution in [0.1, 0.15) is 59.5 Å². The topological polar surface area (TPSA) is 40.3 Å². The van der Waals surface area contributed by atoms with E-state index in [0.717, 1.165) is 87.8 Å². The van der Waals surface area contributed by atoms with E-state index in [2.05, 4.69) is 201 Å². The average molecular weight is 1140 g/mol. The Morgan fingerprint density at radius 1 is 0.514 bits per heavy atom. The van der Waals surface area contributed by atoms with E-state index < -0.39 is 6.04 Å². The molecular formula is C68H53N4OPt-3. The standard InChI is InChI=1S/C68H53N4O.Pt/c1-67(2,3)49-23-15-21-47(37-49)55-28-17-29-58-56-27-11-10-26-54(56)46-20-14-22-48(36-46)60-39-50(68(4,5)6)40-65(69-60)72-61-35-32-45(44-18-8-7-9-19-44)38-59(61)57-34-33-53(42-64(57)72)73-52-25-16-24-51(41-52)70-43-71(66(55)58)63-31-13-12-30-62(63)70;/h7-40,43H,1-6H3;/q-3;/i7D,8D,9D,18D,19D;. The van der Waals surface area contributed by atoms with Gasteiger partial charge in [-0.15, -0.1) is 29.1 Å². The molecule has 0 N–H and O–H groups in total. The molecule has 1 aliphatic rings. The minimum atomic E-state index is -0.433. The zero-order chi connectivity index (χ0) is 53.9. The average Bonchev–Trinajstić information content (AvgIpc) is 4.22. The van der Waals surface area contributed by atoms with Crippen LogP contribution in [0.5, 0.6) is 0 Å². The first-order valence-corrected chi connectivity index (χ1v) is 24.8. The number of nitrogens with zero attached hydrogens (tertiary/aromatic N) is 4. The molecule has 0 saturated heterocycles. The van der Waals surface area contributed by atoms with E-state index in [-0.39, 0.29) is 61.6 Å². The summed E-state index contributed by atoms with van der Waals surface area (Å²) < 4.78 is 56.4. The first kappa shape index (κ1) is 41.4. The van der Waals surface area contributed by atoms with Crippen LogP contribution in [0.15, 0.2) is 217 Å². The Bertz CT molecular complexity index is 4760. The number of rotatable bonds is 2. The first-order valence-electron chi connectivity index (χ1n) is 27.3. The molecule has 12 aromatic rings. The number of hydrogen-bond donors (Lipinski definition) is 0. The van der Waals surface area contributed by atoms with E-state index in [1.807, 2.05) is 48.5 Å². The van der Waals surface area contributed by atoms with E-state index in [0.29, 0.717) is 27.9 Å². The predicted molar refractivity (Wildman–Crippen MR) is 305 cm³/mol. The van der Waals surface area contributed by atoms with Gasteiger partial charge in [0.25, 0.3) is 0 Å². The van der Waals surface area contributed by atoms with E-state index in [1.54, 1.807) is 0 Å². The number of para-hydroxylation sites is 3. The second kappa shape index (κ2) is 18.1. The SMILES string of the molecule is [2H]c1c([2H])c([2H])c(-c2ccc3c(c2)c2ccc4[c-]c2n3c2cc(C(C)(C)C)cc(n2)c2cccc(c2)c2ccccc2c2cccc(-c3cccc(C(C)(C)C)c3)c2n2[cH-]n(c3[c-]c(ccc3)o4)-c3ccccc3-2)c([2H])c1[2H].[Pt]. The van der Waals surface area contributed by atoms with Crippen molar-refractivity contribution >= 4 is 82.1 Å². The van der Waals surface area contributed by atoms with Gasteiger partial charge in [0.15, 0.2) is 0 Å². The molecule has 364 valence electrons. The van der Waals surface area contributed by atoms with Crippen LogP contribution in [-0.4, -0.2) is 18.5 Å². The van der Waals surface area contributed by atoms with Crippen molar-refractivity contribution in [3.8, 4) is 33.6 Å². The number of benzene rings is 9. The van der Waals surface area contributed by atoms with Crippen molar-refractivity contribution in [2.24, 2.45) is 0 Å². The molecule has 0 unspecified atom stereocenters. The molecule has 0 atom stereocenters. The number of fused-ring (bicyclic) bond motifs is 23. The van der Waals surface area contributed by atoms with Crippen LogP contribution in [0.2, 0.25) is 0 Å². The summed E-state index contributed by atoms with van der Waals surface area (Å²) in [6, 6.07) is 66.8. The van der Waals surface area contributed by atoms with Gasteiger partial charge in [0.05, 0.1) is 12.4 Å². The zero-order valence-corrected chi connectivity index (χ0v) is 44.1. The minimum Gasteiger partial charge on any atom is -0.510 e. The van der Waals surface area contributed by atoms with Gasteiger partial charge in [-0.3, -0.25) is 0 Å². The molecule has 0 aliphatic carbocycles. The first-order chi connectivity index (χ1) is 37.5. The number of imidazole rings is 1. The van der Waals surface area contributed by atoms with Gasteiger partial charge in [-0.05, 0) is 112 Å². The maximum absolute atomic E-state index is 8.88. The molecule has 0 saturated carbocycles. The predicted octanol–water partition coefficient (Wildman–Crippen LogP) is 18.1. The van der Waals surface area contributed by atoms with Gasteiger partial charge in [-0.2, -0.15) is 24.3 Å². The Labute approximate surface area is 452 Å². The monoisotopic (exact) mass is 1140 g/mol. The summed E-state index contributed by atoms with van der Waals surface area (Å²) in [5.74, 6) is 0. The molecule has 0 radical (unpaired) electrons. The minimum absolute atomic E-state index is 0. The maximum Gasteiger partial charge on any atom is 0.136 e. The quantitative estimate of drug-likeness (QED) is 0.162. The van der Waals surface area contributed by atoms with E-state index in [4.69, 9.17) is 16.3 Å². The van der Waals surface area contributed by atoms with Crippen molar-refractivity contribution in [2.45, 2.75) is 52.4 Å². The molecule has 3 aromatic heterocycles. The van der Waals surface area contributed by atoms with Crippen molar-refractivity contribution in [3.05, 3.63) is 236 Å². The van der Waals surface area contributed by atoms with Gasteiger partial charge < -0.3 is 18.0 Å². The van der Waals surface area contributed by atoms with Crippen LogP contribution < -0.4 is 0 Å². The molecule has 13 rings (SSSR count). The Morgan fingerprint density at radius 3 is 2.03 bits per heavy atom. The van der Waals surface area contributed by atoms with Gasteiger partial charge in [-0.1, -0.05) is 199 Å². The number of aromatic nitrogens is 4. The summed E-state index contributed by atoms with van der Waals surface area (Å²) >= 11 is 0. The molecule has 74 heavy (non-hydrogen) atoms. The van der Waals surface area contributed by atoms with Crippen molar-refractivity contribution in [1.82, 2.24) is 18.5 Å². The molecule has 0 spiro atoms. The van der Waals surface area contributed by atoms with Gasteiger partial charge in [0.1, 0.15) is 5.65 Å². The van der Waals surface area contributed by atoms with Crippen molar-refractivity contribution < 1.29 is 32.3 Å². The van der Waals surface area contributed by atoms with Gasteiger partial charge in [-0.25, -0.2) is 4.98 Å². The van der Waals surface area contributed by atoms with Gasteiger partial charge in [0, 0.05) is 49.5 Å². The van der Waals surface area contributed by atoms with E-state index in [1.165, 1.54) is 5.56 Å². The molecule has 1 aliphatic heterocycles. The Balaban J connectivity index is 0.00000623. The third-order valence-corrected chi connectivity index (χ3v) is 14.2. The Kier molecular flexibility index (Phi) is 10.1. The van der Waals surface area contributed by atoms with Crippen molar-refractivity contribution in [3.63, 3.8) is 0 Å². The molecule has 0 amide bonds. The number of pyridine rings is 1. The number of hydrogen-bond acceptors (Lipinski definition) is 2. The van der Waals surface area contributed by atoms with Crippen LogP contribution in [0.3, 0.4) is 0 Å². The molecule has 5 nitrogen and oxygen atoms in total. The third kappa shape index (κ3) is 8.17. The van der Waals surface area contributed by atoms with Crippen LogP contribution in [-0.2, 0) is 31.9 Å².